The molecule has 1 amide bonds. The molecule has 0 radical (unpaired) electrons. The van der Waals surface area contributed by atoms with E-state index >= 15 is 0 Å². The minimum absolute atomic E-state index is 0.0153. The topological polar surface area (TPSA) is 71.3 Å². The number of rotatable bonds is 6. The lowest BCUT2D eigenvalue weighted by atomic mass is 9.95. The summed E-state index contributed by atoms with van der Waals surface area (Å²) in [6, 6.07) is 16.2. The van der Waals surface area contributed by atoms with E-state index in [1.54, 1.807) is 0 Å². The third-order valence-corrected chi connectivity index (χ3v) is 6.35. The molecule has 1 aliphatic heterocycles. The number of nitrogens with one attached hydrogen (secondary N) is 1. The van der Waals surface area contributed by atoms with Gasteiger partial charge in [-0.05, 0) is 69.6 Å². The fourth-order valence-electron chi connectivity index (χ4n) is 3.85. The molecule has 1 aliphatic rings. The van der Waals surface area contributed by atoms with Crippen LogP contribution in [0.5, 0.6) is 0 Å². The zero-order valence-corrected chi connectivity index (χ0v) is 19.4. The second-order valence-electron chi connectivity index (χ2n) is 8.21. The molecule has 1 fully saturated rings. The van der Waals surface area contributed by atoms with Crippen LogP contribution in [-0.2, 0) is 11.3 Å². The summed E-state index contributed by atoms with van der Waals surface area (Å²) in [5.41, 5.74) is 3.28. The molecule has 1 atom stereocenters. The molecule has 1 N–H and O–H groups in total. The van der Waals surface area contributed by atoms with Gasteiger partial charge in [-0.15, -0.1) is 0 Å². The molecule has 0 saturated carbocycles. The zero-order valence-electron chi connectivity index (χ0n) is 17.8. The van der Waals surface area contributed by atoms with Gasteiger partial charge < -0.3 is 9.84 Å². The lowest BCUT2D eigenvalue weighted by molar-refractivity contribution is -0.127. The highest BCUT2D eigenvalue weighted by molar-refractivity contribution is 9.10. The first-order valence-corrected chi connectivity index (χ1v) is 11.4. The van der Waals surface area contributed by atoms with Gasteiger partial charge in [0.05, 0.1) is 12.6 Å². The summed E-state index contributed by atoms with van der Waals surface area (Å²) in [7, 11) is 0. The highest BCUT2D eigenvalue weighted by atomic mass is 79.9. The van der Waals surface area contributed by atoms with Gasteiger partial charge in [0.2, 0.25) is 17.6 Å². The lowest BCUT2D eigenvalue weighted by Crippen LogP contribution is -2.40. The van der Waals surface area contributed by atoms with Crippen LogP contribution in [0.25, 0.3) is 11.4 Å². The molecule has 1 unspecified atom stereocenters. The van der Waals surface area contributed by atoms with Crippen LogP contribution in [0.4, 0.5) is 0 Å². The maximum Gasteiger partial charge on any atom is 0.241 e. The lowest BCUT2D eigenvalue weighted by Gasteiger charge is -2.30. The van der Waals surface area contributed by atoms with Gasteiger partial charge in [0.25, 0.3) is 0 Å². The highest BCUT2D eigenvalue weighted by Crippen LogP contribution is 2.23. The summed E-state index contributed by atoms with van der Waals surface area (Å²) in [5, 5.41) is 7.27. The number of aromatic nitrogens is 2. The maximum absolute atomic E-state index is 12.7. The predicted molar refractivity (Wildman–Crippen MR) is 123 cm³/mol. The Kier molecular flexibility index (Phi) is 6.83. The van der Waals surface area contributed by atoms with E-state index in [2.05, 4.69) is 67.5 Å². The van der Waals surface area contributed by atoms with Gasteiger partial charge in [0.1, 0.15) is 0 Å². The monoisotopic (exact) mass is 482 g/mol. The Morgan fingerprint density at radius 3 is 2.52 bits per heavy atom. The van der Waals surface area contributed by atoms with Crippen molar-refractivity contribution in [3.63, 3.8) is 0 Å². The Morgan fingerprint density at radius 2 is 1.84 bits per heavy atom. The molecule has 162 valence electrons. The summed E-state index contributed by atoms with van der Waals surface area (Å²) in [5.74, 6) is 1.39. The quantitative estimate of drug-likeness (QED) is 0.540. The molecule has 0 bridgehead atoms. The van der Waals surface area contributed by atoms with Crippen LogP contribution in [0.1, 0.15) is 42.8 Å². The number of halogens is 1. The number of nitrogens with zero attached hydrogens (tertiary/aromatic N) is 3. The third-order valence-electron chi connectivity index (χ3n) is 5.82. The Balaban J connectivity index is 1.26. The van der Waals surface area contributed by atoms with Crippen molar-refractivity contribution in [2.45, 2.75) is 39.3 Å². The second kappa shape index (κ2) is 9.75. The molecule has 2 heterocycles. The van der Waals surface area contributed by atoms with Crippen LogP contribution < -0.4 is 5.32 Å². The van der Waals surface area contributed by atoms with Crippen LogP contribution in [-0.4, -0.2) is 34.0 Å². The van der Waals surface area contributed by atoms with Crippen LogP contribution in [0.3, 0.4) is 0 Å². The van der Waals surface area contributed by atoms with Crippen molar-refractivity contribution in [3.8, 4) is 11.4 Å². The number of likely N-dealkylation sites (tertiary alicyclic amines) is 1. The number of hydrogen-bond donors (Lipinski definition) is 1. The van der Waals surface area contributed by atoms with Crippen molar-refractivity contribution in [2.24, 2.45) is 5.92 Å². The SMILES string of the molecule is Cc1ccc(C(C)NC(=O)C2CCN(Cc3nc(-c4ccc(Br)cc4)no3)CC2)cc1. The molecule has 2 aromatic carbocycles. The molecule has 3 aromatic rings. The summed E-state index contributed by atoms with van der Waals surface area (Å²) < 4.78 is 6.46. The fraction of sp³-hybridized carbons (Fsp3) is 0.375. The zero-order chi connectivity index (χ0) is 21.8. The third kappa shape index (κ3) is 5.60. The van der Waals surface area contributed by atoms with Crippen molar-refractivity contribution < 1.29 is 9.32 Å². The van der Waals surface area contributed by atoms with E-state index < -0.39 is 0 Å². The molecule has 4 rings (SSSR count). The van der Waals surface area contributed by atoms with E-state index in [1.807, 2.05) is 31.2 Å². The van der Waals surface area contributed by atoms with E-state index in [9.17, 15) is 4.79 Å². The van der Waals surface area contributed by atoms with E-state index in [1.165, 1.54) is 5.56 Å². The van der Waals surface area contributed by atoms with Crippen LogP contribution in [0, 0.1) is 12.8 Å². The molecular weight excluding hydrogens is 456 g/mol. The number of benzene rings is 2. The van der Waals surface area contributed by atoms with E-state index in [0.29, 0.717) is 18.3 Å². The second-order valence-corrected chi connectivity index (χ2v) is 9.13. The first-order chi connectivity index (χ1) is 15.0. The molecule has 1 saturated heterocycles. The molecule has 31 heavy (non-hydrogen) atoms. The van der Waals surface area contributed by atoms with Crippen LogP contribution in [0.2, 0.25) is 0 Å². The number of carbonyl (C=O) groups excluding carboxylic acids is 1. The van der Waals surface area contributed by atoms with Crippen LogP contribution in [0.15, 0.2) is 57.5 Å². The minimum Gasteiger partial charge on any atom is -0.349 e. The number of piperidine rings is 1. The van der Waals surface area contributed by atoms with Gasteiger partial charge in [0.15, 0.2) is 0 Å². The van der Waals surface area contributed by atoms with E-state index in [0.717, 1.165) is 41.5 Å². The van der Waals surface area contributed by atoms with Crippen molar-refractivity contribution in [1.82, 2.24) is 20.4 Å². The standard InChI is InChI=1S/C24H27BrN4O2/c1-16-3-5-18(6-4-16)17(2)26-24(30)20-11-13-29(14-12-20)15-22-27-23(28-31-22)19-7-9-21(25)10-8-19/h3-10,17,20H,11-15H2,1-2H3,(H,26,30). The Morgan fingerprint density at radius 1 is 1.16 bits per heavy atom. The molecular formula is C24H27BrN4O2. The summed E-state index contributed by atoms with van der Waals surface area (Å²) in [4.78, 5) is 19.5. The number of carbonyl (C=O) groups is 1. The first kappa shape index (κ1) is 21.7. The number of hydrogen-bond acceptors (Lipinski definition) is 5. The van der Waals surface area contributed by atoms with Crippen molar-refractivity contribution in [3.05, 3.63) is 70.0 Å². The Labute approximate surface area is 191 Å². The summed E-state index contributed by atoms with van der Waals surface area (Å²) >= 11 is 3.43. The van der Waals surface area contributed by atoms with E-state index in [4.69, 9.17) is 4.52 Å². The molecule has 0 aliphatic carbocycles. The largest absolute Gasteiger partial charge is 0.349 e. The fourth-order valence-corrected chi connectivity index (χ4v) is 4.11. The predicted octanol–water partition coefficient (Wildman–Crippen LogP) is 4.90. The van der Waals surface area contributed by atoms with Crippen molar-refractivity contribution >= 4 is 21.8 Å². The van der Waals surface area contributed by atoms with Crippen molar-refractivity contribution in [1.29, 1.82) is 0 Å². The molecule has 0 spiro atoms. The average Bonchev–Trinajstić information content (AvgIpc) is 3.23. The van der Waals surface area contributed by atoms with Crippen LogP contribution >= 0.6 is 15.9 Å². The van der Waals surface area contributed by atoms with Crippen molar-refractivity contribution in [2.75, 3.05) is 13.1 Å². The highest BCUT2D eigenvalue weighted by Gasteiger charge is 2.27. The summed E-state index contributed by atoms with van der Waals surface area (Å²) in [6.45, 7) is 6.39. The molecule has 1 aromatic heterocycles. The average molecular weight is 483 g/mol. The van der Waals surface area contributed by atoms with Gasteiger partial charge in [0, 0.05) is 16.0 Å². The van der Waals surface area contributed by atoms with Gasteiger partial charge in [-0.2, -0.15) is 4.98 Å². The molecule has 6 nitrogen and oxygen atoms in total. The normalized spacial score (nSPS) is 16.2. The first-order valence-electron chi connectivity index (χ1n) is 10.7. The van der Waals surface area contributed by atoms with Gasteiger partial charge in [-0.3, -0.25) is 9.69 Å². The maximum atomic E-state index is 12.7. The minimum atomic E-state index is 0.0153. The Hall–Kier alpha value is -2.51. The van der Waals surface area contributed by atoms with Gasteiger partial charge in [-0.25, -0.2) is 0 Å². The van der Waals surface area contributed by atoms with Gasteiger partial charge in [-0.1, -0.05) is 50.9 Å². The van der Waals surface area contributed by atoms with E-state index in [-0.39, 0.29) is 17.9 Å². The number of amides is 1. The molecule has 7 heteroatoms. The Bertz CT molecular complexity index is 1010. The number of aryl methyl sites for hydroxylation is 1. The van der Waals surface area contributed by atoms with Gasteiger partial charge >= 0.3 is 0 Å². The smallest absolute Gasteiger partial charge is 0.241 e. The summed E-state index contributed by atoms with van der Waals surface area (Å²) in [6.07, 6.45) is 1.67.